The third kappa shape index (κ3) is 2.13. The van der Waals surface area contributed by atoms with Crippen molar-refractivity contribution in [3.63, 3.8) is 0 Å². The fraction of sp³-hybridized carbons (Fsp3) is 0.133. The van der Waals surface area contributed by atoms with Gasteiger partial charge in [0.05, 0.1) is 6.54 Å². The Kier molecular flexibility index (Phi) is 3.31. The van der Waals surface area contributed by atoms with Gasteiger partial charge in [0.1, 0.15) is 11.9 Å². The van der Waals surface area contributed by atoms with E-state index in [4.69, 9.17) is 5.73 Å². The van der Waals surface area contributed by atoms with Crippen molar-refractivity contribution in [1.29, 1.82) is 0 Å². The van der Waals surface area contributed by atoms with Crippen molar-refractivity contribution in [2.75, 3.05) is 4.90 Å². The van der Waals surface area contributed by atoms with E-state index in [1.807, 2.05) is 24.3 Å². The molecule has 1 heterocycles. The largest absolute Gasteiger partial charge is 0.316 e. The van der Waals surface area contributed by atoms with Crippen molar-refractivity contribution in [2.45, 2.75) is 12.6 Å². The molecule has 2 aromatic carbocycles. The lowest BCUT2D eigenvalue weighted by Gasteiger charge is -2.18. The van der Waals surface area contributed by atoms with E-state index in [0.717, 1.165) is 11.3 Å². The zero-order chi connectivity index (χ0) is 14.3. The smallest absolute Gasteiger partial charge is 0.248 e. The molecule has 1 unspecified atom stereocenters. The Hall–Kier alpha value is -1.72. The predicted octanol–water partition coefficient (Wildman–Crippen LogP) is 3.13. The van der Waals surface area contributed by atoms with Crippen molar-refractivity contribution in [1.82, 2.24) is 0 Å². The summed E-state index contributed by atoms with van der Waals surface area (Å²) < 4.78 is 14.6. The summed E-state index contributed by atoms with van der Waals surface area (Å²) in [5.41, 5.74) is 7.91. The summed E-state index contributed by atoms with van der Waals surface area (Å²) in [6.45, 7) is 0.183. The number of para-hydroxylation sites is 1. The molecule has 1 amide bonds. The fourth-order valence-corrected chi connectivity index (χ4v) is 2.73. The van der Waals surface area contributed by atoms with Crippen molar-refractivity contribution in [3.8, 4) is 0 Å². The van der Waals surface area contributed by atoms with Crippen molar-refractivity contribution in [2.24, 2.45) is 5.73 Å². The van der Waals surface area contributed by atoms with Crippen LogP contribution >= 0.6 is 15.9 Å². The van der Waals surface area contributed by atoms with Gasteiger partial charge in [0.15, 0.2) is 0 Å². The van der Waals surface area contributed by atoms with E-state index < -0.39 is 6.04 Å². The van der Waals surface area contributed by atoms with Crippen molar-refractivity contribution in [3.05, 3.63) is 63.9 Å². The molecule has 20 heavy (non-hydrogen) atoms. The van der Waals surface area contributed by atoms with Crippen LogP contribution < -0.4 is 10.6 Å². The summed E-state index contributed by atoms with van der Waals surface area (Å²) in [6, 6.07) is 11.5. The molecule has 1 atom stereocenters. The molecule has 0 saturated heterocycles. The quantitative estimate of drug-likeness (QED) is 0.917. The van der Waals surface area contributed by atoms with Gasteiger partial charge >= 0.3 is 0 Å². The van der Waals surface area contributed by atoms with E-state index in [9.17, 15) is 9.18 Å². The summed E-state index contributed by atoms with van der Waals surface area (Å²) in [5, 5.41) is 0. The van der Waals surface area contributed by atoms with E-state index in [-0.39, 0.29) is 18.3 Å². The van der Waals surface area contributed by atoms with E-state index >= 15 is 0 Å². The lowest BCUT2D eigenvalue weighted by atomic mass is 10.1. The molecule has 1 aliphatic rings. The number of benzene rings is 2. The van der Waals surface area contributed by atoms with E-state index in [0.29, 0.717) is 10.0 Å². The molecule has 0 spiro atoms. The van der Waals surface area contributed by atoms with Gasteiger partial charge in [0.25, 0.3) is 0 Å². The maximum atomic E-state index is 13.9. The topological polar surface area (TPSA) is 46.3 Å². The zero-order valence-electron chi connectivity index (χ0n) is 10.5. The Labute approximate surface area is 124 Å². The molecule has 1 aliphatic heterocycles. The summed E-state index contributed by atoms with van der Waals surface area (Å²) in [5.74, 6) is -0.543. The normalized spacial score (nSPS) is 17.4. The van der Waals surface area contributed by atoms with Gasteiger partial charge in [0, 0.05) is 21.3 Å². The molecule has 0 bridgehead atoms. The number of hydrogen-bond acceptors (Lipinski definition) is 2. The maximum Gasteiger partial charge on any atom is 0.248 e. The standard InChI is InChI=1S/C15H12BrFN2O/c16-10-6-5-9(12(17)7-10)8-19-13-4-2-1-3-11(13)14(18)15(19)20/h1-7,14H,8,18H2. The Morgan fingerprint density at radius 2 is 2.00 bits per heavy atom. The average molecular weight is 335 g/mol. The van der Waals surface area contributed by atoms with Gasteiger partial charge < -0.3 is 10.6 Å². The molecule has 2 aromatic rings. The molecule has 102 valence electrons. The number of amides is 1. The first kappa shape index (κ1) is 13.3. The minimum atomic E-state index is -0.662. The number of hydrogen-bond donors (Lipinski definition) is 1. The molecule has 2 N–H and O–H groups in total. The highest BCUT2D eigenvalue weighted by Crippen LogP contribution is 2.35. The minimum absolute atomic E-state index is 0.183. The first-order chi connectivity index (χ1) is 9.58. The molecular weight excluding hydrogens is 323 g/mol. The first-order valence-corrected chi connectivity index (χ1v) is 6.97. The number of nitrogens with two attached hydrogens (primary N) is 1. The molecule has 0 aliphatic carbocycles. The highest BCUT2D eigenvalue weighted by Gasteiger charge is 2.34. The summed E-state index contributed by atoms with van der Waals surface area (Å²) in [7, 11) is 0. The number of carbonyl (C=O) groups is 1. The molecule has 0 saturated carbocycles. The molecule has 0 fully saturated rings. The lowest BCUT2D eigenvalue weighted by Crippen LogP contribution is -2.31. The Bertz CT molecular complexity index is 689. The van der Waals surface area contributed by atoms with Crippen LogP contribution in [0.5, 0.6) is 0 Å². The Morgan fingerprint density at radius 1 is 1.25 bits per heavy atom. The Morgan fingerprint density at radius 3 is 2.75 bits per heavy atom. The van der Waals surface area contributed by atoms with Crippen LogP contribution in [0.3, 0.4) is 0 Å². The minimum Gasteiger partial charge on any atom is -0.316 e. The molecule has 0 aromatic heterocycles. The molecular formula is C15H12BrFN2O. The summed E-state index contributed by atoms with van der Waals surface area (Å²) in [6.07, 6.45) is 0. The third-order valence-corrected chi connectivity index (χ3v) is 3.93. The van der Waals surface area contributed by atoms with Crippen molar-refractivity contribution < 1.29 is 9.18 Å². The number of carbonyl (C=O) groups excluding carboxylic acids is 1. The van der Waals surface area contributed by atoms with Crippen LogP contribution in [-0.2, 0) is 11.3 Å². The average Bonchev–Trinajstić information content (AvgIpc) is 2.67. The Balaban J connectivity index is 1.97. The number of fused-ring (bicyclic) bond motifs is 1. The van der Waals surface area contributed by atoms with E-state index in [1.54, 1.807) is 12.1 Å². The monoisotopic (exact) mass is 334 g/mol. The number of rotatable bonds is 2. The van der Waals surface area contributed by atoms with Gasteiger partial charge in [-0.2, -0.15) is 0 Å². The zero-order valence-corrected chi connectivity index (χ0v) is 12.1. The number of halogens is 2. The van der Waals surface area contributed by atoms with E-state index in [2.05, 4.69) is 15.9 Å². The highest BCUT2D eigenvalue weighted by atomic mass is 79.9. The SMILES string of the molecule is NC1C(=O)N(Cc2ccc(Br)cc2F)c2ccccc21. The lowest BCUT2D eigenvalue weighted by molar-refractivity contribution is -0.119. The second-order valence-electron chi connectivity index (χ2n) is 4.70. The second-order valence-corrected chi connectivity index (χ2v) is 5.61. The third-order valence-electron chi connectivity index (χ3n) is 3.44. The van der Waals surface area contributed by atoms with Crippen LogP contribution in [0.15, 0.2) is 46.9 Å². The van der Waals surface area contributed by atoms with Crippen LogP contribution in [0.4, 0.5) is 10.1 Å². The van der Waals surface area contributed by atoms with Gasteiger partial charge in [-0.25, -0.2) is 4.39 Å². The van der Waals surface area contributed by atoms with Gasteiger partial charge in [0.2, 0.25) is 5.91 Å². The molecule has 5 heteroatoms. The van der Waals surface area contributed by atoms with Gasteiger partial charge in [-0.1, -0.05) is 40.2 Å². The molecule has 3 nitrogen and oxygen atoms in total. The predicted molar refractivity (Wildman–Crippen MR) is 78.7 cm³/mol. The van der Waals surface area contributed by atoms with E-state index in [1.165, 1.54) is 11.0 Å². The maximum absolute atomic E-state index is 13.9. The summed E-state index contributed by atoms with van der Waals surface area (Å²) in [4.78, 5) is 13.7. The summed E-state index contributed by atoms with van der Waals surface area (Å²) >= 11 is 3.22. The number of anilines is 1. The van der Waals surface area contributed by atoms with Gasteiger partial charge in [-0.3, -0.25) is 4.79 Å². The molecule has 3 rings (SSSR count). The van der Waals surface area contributed by atoms with Gasteiger partial charge in [-0.15, -0.1) is 0 Å². The highest BCUT2D eigenvalue weighted by molar-refractivity contribution is 9.10. The van der Waals surface area contributed by atoms with Crippen LogP contribution in [0.25, 0.3) is 0 Å². The fourth-order valence-electron chi connectivity index (χ4n) is 2.40. The van der Waals surface area contributed by atoms with Crippen LogP contribution in [0, 0.1) is 5.82 Å². The van der Waals surface area contributed by atoms with Gasteiger partial charge in [-0.05, 0) is 18.2 Å². The van der Waals surface area contributed by atoms with Crippen LogP contribution in [-0.4, -0.2) is 5.91 Å². The van der Waals surface area contributed by atoms with Crippen LogP contribution in [0.2, 0.25) is 0 Å². The first-order valence-electron chi connectivity index (χ1n) is 6.18. The van der Waals surface area contributed by atoms with Crippen molar-refractivity contribution >= 4 is 27.5 Å². The number of nitrogens with zero attached hydrogens (tertiary/aromatic N) is 1. The second kappa shape index (κ2) is 5.00. The van der Waals surface area contributed by atoms with Crippen LogP contribution in [0.1, 0.15) is 17.2 Å². The molecule has 0 radical (unpaired) electrons.